The SMILES string of the molecule is COC(C(=O)c1cncc2ccccc12)c1ccccc1. The molecule has 0 saturated carbocycles. The monoisotopic (exact) mass is 277 g/mol. The van der Waals surface area contributed by atoms with Gasteiger partial charge in [0.1, 0.15) is 6.10 Å². The van der Waals surface area contributed by atoms with E-state index < -0.39 is 6.10 Å². The first kappa shape index (κ1) is 13.5. The lowest BCUT2D eigenvalue weighted by atomic mass is 9.97. The maximum absolute atomic E-state index is 12.8. The van der Waals surface area contributed by atoms with Gasteiger partial charge in [-0.3, -0.25) is 9.78 Å². The van der Waals surface area contributed by atoms with Crippen LogP contribution in [0.15, 0.2) is 67.0 Å². The van der Waals surface area contributed by atoms with Gasteiger partial charge in [0.25, 0.3) is 0 Å². The molecule has 0 saturated heterocycles. The molecule has 3 nitrogen and oxygen atoms in total. The van der Waals surface area contributed by atoms with Crippen LogP contribution in [0.3, 0.4) is 0 Å². The third-order valence-corrected chi connectivity index (χ3v) is 3.51. The molecule has 2 aromatic carbocycles. The summed E-state index contributed by atoms with van der Waals surface area (Å²) in [4.78, 5) is 17.0. The minimum Gasteiger partial charge on any atom is -0.369 e. The molecular weight excluding hydrogens is 262 g/mol. The van der Waals surface area contributed by atoms with Crippen molar-refractivity contribution in [2.75, 3.05) is 7.11 Å². The topological polar surface area (TPSA) is 39.2 Å². The Balaban J connectivity index is 2.07. The molecule has 1 aromatic heterocycles. The van der Waals surface area contributed by atoms with E-state index in [0.29, 0.717) is 5.56 Å². The number of ketones is 1. The molecule has 1 atom stereocenters. The van der Waals surface area contributed by atoms with Gasteiger partial charge < -0.3 is 4.74 Å². The van der Waals surface area contributed by atoms with E-state index in [4.69, 9.17) is 4.74 Å². The number of benzene rings is 2. The van der Waals surface area contributed by atoms with Crippen LogP contribution < -0.4 is 0 Å². The van der Waals surface area contributed by atoms with Gasteiger partial charge in [-0.1, -0.05) is 54.6 Å². The van der Waals surface area contributed by atoms with Gasteiger partial charge >= 0.3 is 0 Å². The van der Waals surface area contributed by atoms with Gasteiger partial charge in [0.05, 0.1) is 0 Å². The van der Waals surface area contributed by atoms with Crippen molar-refractivity contribution in [2.24, 2.45) is 0 Å². The Kier molecular flexibility index (Phi) is 3.75. The fourth-order valence-corrected chi connectivity index (χ4v) is 2.48. The molecule has 0 N–H and O–H groups in total. The first-order valence-corrected chi connectivity index (χ1v) is 6.76. The van der Waals surface area contributed by atoms with Crippen molar-refractivity contribution in [3.8, 4) is 0 Å². The number of methoxy groups -OCH3 is 1. The summed E-state index contributed by atoms with van der Waals surface area (Å²) in [6.07, 6.45) is 2.76. The van der Waals surface area contributed by atoms with Crippen molar-refractivity contribution in [2.45, 2.75) is 6.10 Å². The van der Waals surface area contributed by atoms with Gasteiger partial charge in [0, 0.05) is 30.5 Å². The number of carbonyl (C=O) groups excluding carboxylic acids is 1. The Morgan fingerprint density at radius 1 is 1.00 bits per heavy atom. The van der Waals surface area contributed by atoms with Crippen molar-refractivity contribution < 1.29 is 9.53 Å². The summed E-state index contributed by atoms with van der Waals surface area (Å²) in [5.41, 5.74) is 1.43. The molecule has 104 valence electrons. The molecule has 1 heterocycles. The summed E-state index contributed by atoms with van der Waals surface area (Å²) in [5, 5.41) is 1.85. The maximum Gasteiger partial charge on any atom is 0.198 e. The zero-order valence-corrected chi connectivity index (χ0v) is 11.7. The second-order valence-corrected chi connectivity index (χ2v) is 4.80. The van der Waals surface area contributed by atoms with Crippen LogP contribution in [0.2, 0.25) is 0 Å². The average molecular weight is 277 g/mol. The van der Waals surface area contributed by atoms with Crippen LogP contribution in [-0.4, -0.2) is 17.9 Å². The third-order valence-electron chi connectivity index (χ3n) is 3.51. The number of hydrogen-bond donors (Lipinski definition) is 0. The van der Waals surface area contributed by atoms with Gasteiger partial charge in [-0.2, -0.15) is 0 Å². The Hall–Kier alpha value is -2.52. The fourth-order valence-electron chi connectivity index (χ4n) is 2.48. The van der Waals surface area contributed by atoms with Gasteiger partial charge in [0.2, 0.25) is 0 Å². The third kappa shape index (κ3) is 2.56. The van der Waals surface area contributed by atoms with Crippen LogP contribution in [-0.2, 0) is 4.74 Å². The number of nitrogens with zero attached hydrogens (tertiary/aromatic N) is 1. The molecule has 21 heavy (non-hydrogen) atoms. The van der Waals surface area contributed by atoms with Crippen molar-refractivity contribution in [1.29, 1.82) is 0 Å². The second-order valence-electron chi connectivity index (χ2n) is 4.80. The van der Waals surface area contributed by atoms with E-state index >= 15 is 0 Å². The predicted octanol–water partition coefficient (Wildman–Crippen LogP) is 3.81. The summed E-state index contributed by atoms with van der Waals surface area (Å²) in [6.45, 7) is 0. The van der Waals surface area contributed by atoms with Crippen molar-refractivity contribution in [3.05, 3.63) is 78.1 Å². The summed E-state index contributed by atoms with van der Waals surface area (Å²) < 4.78 is 5.42. The molecule has 0 aliphatic carbocycles. The van der Waals surface area contributed by atoms with E-state index in [1.165, 1.54) is 0 Å². The summed E-state index contributed by atoms with van der Waals surface area (Å²) in [5.74, 6) is -0.0759. The van der Waals surface area contributed by atoms with Gasteiger partial charge in [-0.05, 0) is 10.9 Å². The van der Waals surface area contributed by atoms with Gasteiger partial charge in [-0.25, -0.2) is 0 Å². The van der Waals surface area contributed by atoms with E-state index in [0.717, 1.165) is 16.3 Å². The maximum atomic E-state index is 12.8. The molecule has 0 spiro atoms. The van der Waals surface area contributed by atoms with Gasteiger partial charge in [0.15, 0.2) is 5.78 Å². The molecular formula is C18H15NO2. The van der Waals surface area contributed by atoms with Crippen LogP contribution in [0.25, 0.3) is 10.8 Å². The second kappa shape index (κ2) is 5.85. The number of aromatic nitrogens is 1. The standard InChI is InChI=1S/C18H15NO2/c1-21-18(13-7-3-2-4-8-13)17(20)16-12-19-11-14-9-5-6-10-15(14)16/h2-12,18H,1H3. The van der Waals surface area contributed by atoms with Crippen LogP contribution in [0, 0.1) is 0 Å². The Labute approximate surface area is 123 Å². The van der Waals surface area contributed by atoms with E-state index in [9.17, 15) is 4.79 Å². The number of ether oxygens (including phenoxy) is 1. The molecule has 1 unspecified atom stereocenters. The number of pyridine rings is 1. The number of rotatable bonds is 4. The van der Waals surface area contributed by atoms with Crippen LogP contribution in [0.5, 0.6) is 0 Å². The van der Waals surface area contributed by atoms with E-state index in [-0.39, 0.29) is 5.78 Å². The number of carbonyl (C=O) groups is 1. The van der Waals surface area contributed by atoms with Gasteiger partial charge in [-0.15, -0.1) is 0 Å². The molecule has 3 aromatic rings. The zero-order valence-electron chi connectivity index (χ0n) is 11.7. The Bertz CT molecular complexity index is 763. The fraction of sp³-hybridized carbons (Fsp3) is 0.111. The van der Waals surface area contributed by atoms with Crippen LogP contribution in [0.4, 0.5) is 0 Å². The van der Waals surface area contributed by atoms with Crippen molar-refractivity contribution in [3.63, 3.8) is 0 Å². The highest BCUT2D eigenvalue weighted by Crippen LogP contribution is 2.25. The summed E-state index contributed by atoms with van der Waals surface area (Å²) in [6, 6.07) is 17.2. The average Bonchev–Trinajstić information content (AvgIpc) is 2.56. The molecule has 0 radical (unpaired) electrons. The Morgan fingerprint density at radius 3 is 2.48 bits per heavy atom. The quantitative estimate of drug-likeness (QED) is 0.681. The highest BCUT2D eigenvalue weighted by Gasteiger charge is 2.23. The van der Waals surface area contributed by atoms with Crippen molar-refractivity contribution in [1.82, 2.24) is 4.98 Å². The normalized spacial score (nSPS) is 12.2. The highest BCUT2D eigenvalue weighted by atomic mass is 16.5. The largest absolute Gasteiger partial charge is 0.369 e. The highest BCUT2D eigenvalue weighted by molar-refractivity contribution is 6.09. The zero-order chi connectivity index (χ0) is 14.7. The Morgan fingerprint density at radius 2 is 1.71 bits per heavy atom. The molecule has 3 heteroatoms. The van der Waals surface area contributed by atoms with E-state index in [1.807, 2.05) is 54.6 Å². The molecule has 0 bridgehead atoms. The van der Waals surface area contributed by atoms with E-state index in [1.54, 1.807) is 19.5 Å². The minimum atomic E-state index is -0.612. The summed E-state index contributed by atoms with van der Waals surface area (Å²) in [7, 11) is 1.55. The summed E-state index contributed by atoms with van der Waals surface area (Å²) >= 11 is 0. The molecule has 0 aliphatic heterocycles. The first-order chi connectivity index (χ1) is 10.3. The predicted molar refractivity (Wildman–Crippen MR) is 82.3 cm³/mol. The van der Waals surface area contributed by atoms with Crippen molar-refractivity contribution >= 4 is 16.6 Å². The number of hydrogen-bond acceptors (Lipinski definition) is 3. The molecule has 0 amide bonds. The molecule has 3 rings (SSSR count). The van der Waals surface area contributed by atoms with Crippen LogP contribution in [0.1, 0.15) is 22.0 Å². The molecule has 0 fully saturated rings. The first-order valence-electron chi connectivity index (χ1n) is 6.76. The van der Waals surface area contributed by atoms with Crippen LogP contribution >= 0.6 is 0 Å². The minimum absolute atomic E-state index is 0.0759. The lowest BCUT2D eigenvalue weighted by Gasteiger charge is -2.15. The van der Waals surface area contributed by atoms with E-state index in [2.05, 4.69) is 4.98 Å². The lowest BCUT2D eigenvalue weighted by Crippen LogP contribution is -2.15. The smallest absolute Gasteiger partial charge is 0.198 e. The number of fused-ring (bicyclic) bond motifs is 1. The number of Topliss-reactive ketones (excluding diaryl/α,β-unsaturated/α-hetero) is 1. The molecule has 0 aliphatic rings. The lowest BCUT2D eigenvalue weighted by molar-refractivity contribution is 0.0606.